The first-order valence-corrected chi connectivity index (χ1v) is 8.40. The van der Waals surface area contributed by atoms with Crippen molar-refractivity contribution in [1.82, 2.24) is 4.98 Å². The van der Waals surface area contributed by atoms with Crippen molar-refractivity contribution < 1.29 is 19.8 Å². The van der Waals surface area contributed by atoms with E-state index >= 15 is 0 Å². The molecule has 0 bridgehead atoms. The first-order chi connectivity index (χ1) is 13.2. The molecule has 3 aromatic rings. The Kier molecular flexibility index (Phi) is 4.75. The number of anilines is 1. The van der Waals surface area contributed by atoms with Crippen molar-refractivity contribution in [1.29, 1.82) is 0 Å². The first-order valence-electron chi connectivity index (χ1n) is 8.40. The van der Waals surface area contributed by atoms with E-state index in [0.717, 1.165) is 22.3 Å². The van der Waals surface area contributed by atoms with Gasteiger partial charge in [-0.15, -0.1) is 0 Å². The minimum Gasteiger partial charge on any atom is -0.478 e. The number of nitrogens with two attached hydrogens (primary N) is 1. The van der Waals surface area contributed by atoms with E-state index in [1.165, 1.54) is 0 Å². The number of H-pyrrole nitrogens is 1. The molecule has 0 amide bonds. The third-order valence-corrected chi connectivity index (χ3v) is 4.38. The zero-order valence-corrected chi connectivity index (χ0v) is 15.2. The molecule has 3 rings (SSSR count). The van der Waals surface area contributed by atoms with Gasteiger partial charge in [-0.3, -0.25) is 4.79 Å². The van der Waals surface area contributed by atoms with E-state index in [9.17, 15) is 24.6 Å². The smallest absolute Gasteiger partial charge is 0.342 e. The van der Waals surface area contributed by atoms with Gasteiger partial charge in [0.15, 0.2) is 0 Å². The first kappa shape index (κ1) is 18.9. The zero-order chi connectivity index (χ0) is 20.6. The van der Waals surface area contributed by atoms with Crippen LogP contribution in [0.2, 0.25) is 0 Å². The number of aryl methyl sites for hydroxylation is 2. The van der Waals surface area contributed by atoms with Crippen LogP contribution in [0.5, 0.6) is 0 Å². The second kappa shape index (κ2) is 7.03. The summed E-state index contributed by atoms with van der Waals surface area (Å²) in [5.74, 6) is -3.35. The quantitative estimate of drug-likeness (QED) is 0.550. The van der Waals surface area contributed by atoms with Gasteiger partial charge in [-0.25, -0.2) is 9.59 Å². The van der Waals surface area contributed by atoms with Crippen molar-refractivity contribution in [3.8, 4) is 22.3 Å². The van der Waals surface area contributed by atoms with Crippen LogP contribution in [0, 0.1) is 13.8 Å². The molecule has 0 aliphatic heterocycles. The average Bonchev–Trinajstić information content (AvgIpc) is 2.59. The van der Waals surface area contributed by atoms with E-state index in [1.807, 2.05) is 38.1 Å². The standard InChI is InChI=1S/C21H18N2O5/c1-10-6-11(2)8-14(7-10)12-4-3-5-13(9-12)15-16(20(25)26)18(22)23-19(24)17(15)21(27)28/h3-9H,1-2H3,(H,25,26)(H,27,28)(H3,22,23,24). The van der Waals surface area contributed by atoms with E-state index in [0.29, 0.717) is 0 Å². The van der Waals surface area contributed by atoms with Gasteiger partial charge in [-0.1, -0.05) is 47.5 Å². The lowest BCUT2D eigenvalue weighted by molar-refractivity contribution is 0.0695. The Morgan fingerprint density at radius 3 is 2.00 bits per heavy atom. The number of rotatable bonds is 4. The molecule has 0 fully saturated rings. The Bertz CT molecular complexity index is 1160. The predicted molar refractivity (Wildman–Crippen MR) is 106 cm³/mol. The molecule has 2 aromatic carbocycles. The number of pyridine rings is 1. The van der Waals surface area contributed by atoms with Crippen molar-refractivity contribution in [2.75, 3.05) is 5.73 Å². The van der Waals surface area contributed by atoms with E-state index in [-0.39, 0.29) is 11.1 Å². The molecular weight excluding hydrogens is 360 g/mol. The largest absolute Gasteiger partial charge is 0.478 e. The van der Waals surface area contributed by atoms with Crippen LogP contribution < -0.4 is 11.3 Å². The van der Waals surface area contributed by atoms with Crippen LogP contribution in [0.1, 0.15) is 31.8 Å². The number of aromatic carboxylic acids is 2. The van der Waals surface area contributed by atoms with Crippen molar-refractivity contribution >= 4 is 17.8 Å². The number of aromatic amines is 1. The van der Waals surface area contributed by atoms with E-state index < -0.39 is 34.4 Å². The summed E-state index contributed by atoms with van der Waals surface area (Å²) in [4.78, 5) is 37.7. The van der Waals surface area contributed by atoms with Crippen molar-refractivity contribution in [3.05, 3.63) is 75.1 Å². The predicted octanol–water partition coefficient (Wildman–Crippen LogP) is 3.30. The molecule has 0 saturated carbocycles. The summed E-state index contributed by atoms with van der Waals surface area (Å²) in [5, 5.41) is 19.1. The summed E-state index contributed by atoms with van der Waals surface area (Å²) in [6.45, 7) is 3.92. The van der Waals surface area contributed by atoms with Gasteiger partial charge >= 0.3 is 11.9 Å². The van der Waals surface area contributed by atoms with Crippen molar-refractivity contribution in [2.24, 2.45) is 0 Å². The number of nitrogens with one attached hydrogen (secondary N) is 1. The minimum atomic E-state index is -1.53. The van der Waals surface area contributed by atoms with Crippen molar-refractivity contribution in [3.63, 3.8) is 0 Å². The summed E-state index contributed by atoms with van der Waals surface area (Å²) < 4.78 is 0. The van der Waals surface area contributed by atoms with Crippen LogP contribution >= 0.6 is 0 Å². The van der Waals surface area contributed by atoms with Crippen LogP contribution in [-0.2, 0) is 0 Å². The number of carboxylic acids is 2. The molecule has 7 heteroatoms. The second-order valence-corrected chi connectivity index (χ2v) is 6.56. The summed E-state index contributed by atoms with van der Waals surface area (Å²) >= 11 is 0. The molecule has 0 aliphatic rings. The molecule has 0 unspecified atom stereocenters. The number of benzene rings is 2. The fourth-order valence-corrected chi connectivity index (χ4v) is 3.33. The molecule has 142 valence electrons. The zero-order valence-electron chi connectivity index (χ0n) is 15.2. The highest BCUT2D eigenvalue weighted by Crippen LogP contribution is 2.32. The summed E-state index contributed by atoms with van der Waals surface area (Å²) in [6.07, 6.45) is 0. The number of nitrogen functional groups attached to an aromatic ring is 1. The third-order valence-electron chi connectivity index (χ3n) is 4.38. The Morgan fingerprint density at radius 2 is 1.43 bits per heavy atom. The van der Waals surface area contributed by atoms with Gasteiger partial charge in [0.05, 0.1) is 0 Å². The molecule has 0 aliphatic carbocycles. The van der Waals surface area contributed by atoms with Gasteiger partial charge in [0.2, 0.25) is 0 Å². The molecule has 1 heterocycles. The Morgan fingerprint density at radius 1 is 0.857 bits per heavy atom. The summed E-state index contributed by atoms with van der Waals surface area (Å²) in [6, 6.07) is 12.7. The monoisotopic (exact) mass is 378 g/mol. The van der Waals surface area contributed by atoms with Gasteiger partial charge < -0.3 is 20.9 Å². The topological polar surface area (TPSA) is 133 Å². The summed E-state index contributed by atoms with van der Waals surface area (Å²) in [7, 11) is 0. The molecule has 0 radical (unpaired) electrons. The maximum Gasteiger partial charge on any atom is 0.342 e. The maximum absolute atomic E-state index is 12.2. The van der Waals surface area contributed by atoms with E-state index in [1.54, 1.807) is 18.2 Å². The van der Waals surface area contributed by atoms with Gasteiger partial charge in [0.25, 0.3) is 5.56 Å². The fraction of sp³-hybridized carbons (Fsp3) is 0.0952. The highest BCUT2D eigenvalue weighted by molar-refractivity contribution is 6.07. The number of aromatic nitrogens is 1. The van der Waals surface area contributed by atoms with Crippen LogP contribution in [0.15, 0.2) is 47.3 Å². The molecule has 0 atom stereocenters. The van der Waals surface area contributed by atoms with Crippen LogP contribution in [0.25, 0.3) is 22.3 Å². The lowest BCUT2D eigenvalue weighted by Gasteiger charge is -2.13. The molecule has 0 spiro atoms. The second-order valence-electron chi connectivity index (χ2n) is 6.56. The normalized spacial score (nSPS) is 10.6. The molecule has 0 saturated heterocycles. The molecular formula is C21H18N2O5. The lowest BCUT2D eigenvalue weighted by Crippen LogP contribution is -2.24. The highest BCUT2D eigenvalue weighted by atomic mass is 16.4. The van der Waals surface area contributed by atoms with Gasteiger partial charge in [0, 0.05) is 5.56 Å². The van der Waals surface area contributed by atoms with Gasteiger partial charge in [-0.2, -0.15) is 0 Å². The Hall–Kier alpha value is -3.87. The SMILES string of the molecule is Cc1cc(C)cc(-c2cccc(-c3c(C(=O)O)c(N)[nH]c(=O)c3C(=O)O)c2)c1. The van der Waals surface area contributed by atoms with Crippen LogP contribution in [0.3, 0.4) is 0 Å². The maximum atomic E-state index is 12.2. The molecule has 5 N–H and O–H groups in total. The van der Waals surface area contributed by atoms with Crippen molar-refractivity contribution in [2.45, 2.75) is 13.8 Å². The Balaban J connectivity index is 2.35. The number of hydrogen-bond donors (Lipinski definition) is 4. The summed E-state index contributed by atoms with van der Waals surface area (Å²) in [5.41, 5.74) is 7.45. The van der Waals surface area contributed by atoms with Crippen LogP contribution in [-0.4, -0.2) is 27.1 Å². The van der Waals surface area contributed by atoms with Gasteiger partial charge in [-0.05, 0) is 36.6 Å². The highest BCUT2D eigenvalue weighted by Gasteiger charge is 2.26. The molecule has 28 heavy (non-hydrogen) atoms. The number of hydrogen-bond acceptors (Lipinski definition) is 4. The third kappa shape index (κ3) is 3.37. The fourth-order valence-electron chi connectivity index (χ4n) is 3.33. The number of carboxylic acid groups (broad SMARTS) is 2. The number of carbonyl (C=O) groups is 2. The lowest BCUT2D eigenvalue weighted by atomic mass is 9.92. The Labute approximate surface area is 160 Å². The van der Waals surface area contributed by atoms with E-state index in [4.69, 9.17) is 5.73 Å². The minimum absolute atomic E-state index is 0.215. The molecule has 1 aromatic heterocycles. The van der Waals surface area contributed by atoms with Crippen LogP contribution in [0.4, 0.5) is 5.82 Å². The van der Waals surface area contributed by atoms with E-state index in [2.05, 4.69) is 4.98 Å². The average molecular weight is 378 g/mol. The van der Waals surface area contributed by atoms with Gasteiger partial charge in [0.1, 0.15) is 16.9 Å². The molecule has 7 nitrogen and oxygen atoms in total.